The molecule has 112 valence electrons. The van der Waals surface area contributed by atoms with E-state index in [1.54, 1.807) is 0 Å². The Morgan fingerprint density at radius 2 is 1.67 bits per heavy atom. The first-order chi connectivity index (χ1) is 9.83. The van der Waals surface area contributed by atoms with Crippen LogP contribution in [0.5, 0.6) is 0 Å². The fourth-order valence-corrected chi connectivity index (χ4v) is 2.74. The van der Waals surface area contributed by atoms with Gasteiger partial charge in [0.05, 0.1) is 12.3 Å². The van der Waals surface area contributed by atoms with Gasteiger partial charge < -0.3 is 5.11 Å². The van der Waals surface area contributed by atoms with Gasteiger partial charge in [-0.15, -0.1) is 0 Å². The number of rotatable bonds is 4. The van der Waals surface area contributed by atoms with E-state index in [1.807, 2.05) is 4.72 Å². The van der Waals surface area contributed by atoms with Gasteiger partial charge in [0, 0.05) is 6.07 Å². The lowest BCUT2D eigenvalue weighted by Gasteiger charge is -2.10. The molecule has 2 N–H and O–H groups in total. The van der Waals surface area contributed by atoms with Gasteiger partial charge in [0.2, 0.25) is 0 Å². The number of aliphatic hydroxyl groups excluding tert-OH is 1. The molecule has 2 rings (SSSR count). The number of hydrogen-bond donors (Lipinski definition) is 2. The number of hydrogen-bond acceptors (Lipinski definition) is 3. The molecule has 0 heterocycles. The minimum atomic E-state index is -4.29. The highest BCUT2D eigenvalue weighted by atomic mass is 32.2. The van der Waals surface area contributed by atoms with E-state index in [1.165, 1.54) is 6.07 Å². The standard InChI is InChI=1S/C13H10F3NO3S/c14-10-3-2-9(6-11(10)15)17-21(19,20)13-4-1-8(7-18)5-12(13)16/h1-6,17-18H,7H2. The van der Waals surface area contributed by atoms with Crippen molar-refractivity contribution in [2.75, 3.05) is 4.72 Å². The Hall–Kier alpha value is -2.06. The normalized spacial score (nSPS) is 11.4. The van der Waals surface area contributed by atoms with Crippen LogP contribution in [0.25, 0.3) is 0 Å². The molecule has 0 saturated heterocycles. The molecule has 0 saturated carbocycles. The average molecular weight is 317 g/mol. The molecule has 0 unspecified atom stereocenters. The third kappa shape index (κ3) is 3.34. The molecule has 2 aromatic rings. The van der Waals surface area contributed by atoms with Gasteiger partial charge in [-0.05, 0) is 29.8 Å². The zero-order valence-corrected chi connectivity index (χ0v) is 11.3. The monoisotopic (exact) mass is 317 g/mol. The lowest BCUT2D eigenvalue weighted by atomic mass is 10.2. The number of nitrogens with one attached hydrogen (secondary N) is 1. The topological polar surface area (TPSA) is 66.4 Å². The largest absolute Gasteiger partial charge is 0.392 e. The van der Waals surface area contributed by atoms with Crippen LogP contribution in [0.1, 0.15) is 5.56 Å². The molecule has 4 nitrogen and oxygen atoms in total. The Morgan fingerprint density at radius 3 is 2.24 bits per heavy atom. The van der Waals surface area contributed by atoms with Crippen molar-refractivity contribution in [2.45, 2.75) is 11.5 Å². The van der Waals surface area contributed by atoms with Crippen LogP contribution in [0, 0.1) is 17.5 Å². The third-order valence-corrected chi connectivity index (χ3v) is 4.05. The van der Waals surface area contributed by atoms with E-state index in [-0.39, 0.29) is 11.3 Å². The predicted molar refractivity (Wildman–Crippen MR) is 69.5 cm³/mol. The fourth-order valence-electron chi connectivity index (χ4n) is 1.63. The minimum absolute atomic E-state index is 0.208. The highest BCUT2D eigenvalue weighted by Gasteiger charge is 2.20. The molecule has 0 radical (unpaired) electrons. The second kappa shape index (κ2) is 5.74. The molecule has 2 aromatic carbocycles. The van der Waals surface area contributed by atoms with Gasteiger partial charge in [-0.1, -0.05) is 6.07 Å². The molecule has 0 atom stereocenters. The molecular weight excluding hydrogens is 307 g/mol. The predicted octanol–water partition coefficient (Wildman–Crippen LogP) is 2.40. The van der Waals surface area contributed by atoms with Crippen LogP contribution < -0.4 is 4.72 Å². The number of aliphatic hydroxyl groups is 1. The number of sulfonamides is 1. The van der Waals surface area contributed by atoms with Crippen molar-refractivity contribution in [3.63, 3.8) is 0 Å². The minimum Gasteiger partial charge on any atom is -0.392 e. The van der Waals surface area contributed by atoms with E-state index in [0.717, 1.165) is 24.3 Å². The maximum absolute atomic E-state index is 13.7. The summed E-state index contributed by atoms with van der Waals surface area (Å²) in [5, 5.41) is 8.84. The summed E-state index contributed by atoms with van der Waals surface area (Å²) >= 11 is 0. The maximum Gasteiger partial charge on any atom is 0.264 e. The van der Waals surface area contributed by atoms with E-state index in [9.17, 15) is 21.6 Å². The van der Waals surface area contributed by atoms with E-state index < -0.39 is 39.0 Å². The quantitative estimate of drug-likeness (QED) is 0.910. The Balaban J connectivity index is 2.36. The fraction of sp³-hybridized carbons (Fsp3) is 0.0769. The van der Waals surface area contributed by atoms with Crippen LogP contribution in [0.15, 0.2) is 41.3 Å². The van der Waals surface area contributed by atoms with Crippen molar-refractivity contribution in [3.8, 4) is 0 Å². The molecule has 0 aliphatic rings. The van der Waals surface area contributed by atoms with Crippen LogP contribution in [-0.4, -0.2) is 13.5 Å². The van der Waals surface area contributed by atoms with Gasteiger partial charge >= 0.3 is 0 Å². The number of anilines is 1. The van der Waals surface area contributed by atoms with E-state index in [2.05, 4.69) is 0 Å². The SMILES string of the molecule is O=S(=O)(Nc1ccc(F)c(F)c1)c1ccc(CO)cc1F. The zero-order valence-electron chi connectivity index (χ0n) is 10.5. The smallest absolute Gasteiger partial charge is 0.264 e. The van der Waals surface area contributed by atoms with Gasteiger partial charge in [0.25, 0.3) is 10.0 Å². The third-order valence-electron chi connectivity index (χ3n) is 2.64. The number of benzene rings is 2. The summed E-state index contributed by atoms with van der Waals surface area (Å²) in [4.78, 5) is -0.663. The Bertz CT molecular complexity index is 778. The summed E-state index contributed by atoms with van der Waals surface area (Å²) in [6.45, 7) is -0.437. The second-order valence-corrected chi connectivity index (χ2v) is 5.81. The maximum atomic E-state index is 13.7. The number of halogens is 3. The van der Waals surface area contributed by atoms with Crippen molar-refractivity contribution >= 4 is 15.7 Å². The summed E-state index contributed by atoms with van der Waals surface area (Å²) in [5.74, 6) is -3.42. The van der Waals surface area contributed by atoms with E-state index in [0.29, 0.717) is 6.07 Å². The summed E-state index contributed by atoms with van der Waals surface area (Å²) in [6, 6.07) is 5.49. The van der Waals surface area contributed by atoms with Crippen LogP contribution in [-0.2, 0) is 16.6 Å². The van der Waals surface area contributed by atoms with Crippen LogP contribution in [0.3, 0.4) is 0 Å². The van der Waals surface area contributed by atoms with Gasteiger partial charge in [-0.25, -0.2) is 21.6 Å². The summed E-state index contributed by atoms with van der Waals surface area (Å²) < 4.78 is 65.4. The summed E-state index contributed by atoms with van der Waals surface area (Å²) in [6.07, 6.45) is 0. The molecule has 21 heavy (non-hydrogen) atoms. The van der Waals surface area contributed by atoms with Crippen molar-refractivity contribution in [3.05, 3.63) is 59.4 Å². The van der Waals surface area contributed by atoms with Crippen LogP contribution in [0.4, 0.5) is 18.9 Å². The molecule has 0 fully saturated rings. The van der Waals surface area contributed by atoms with Crippen molar-refractivity contribution in [1.82, 2.24) is 0 Å². The van der Waals surface area contributed by atoms with Crippen LogP contribution >= 0.6 is 0 Å². The first-order valence-electron chi connectivity index (χ1n) is 5.70. The lowest BCUT2D eigenvalue weighted by Crippen LogP contribution is -2.15. The van der Waals surface area contributed by atoms with Gasteiger partial charge in [-0.2, -0.15) is 0 Å². The molecular formula is C13H10F3NO3S. The van der Waals surface area contributed by atoms with Crippen molar-refractivity contribution < 1.29 is 26.7 Å². The lowest BCUT2D eigenvalue weighted by molar-refractivity contribution is 0.281. The highest BCUT2D eigenvalue weighted by molar-refractivity contribution is 7.92. The Labute approximate surface area is 118 Å². The molecule has 0 aliphatic carbocycles. The zero-order chi connectivity index (χ0) is 15.6. The highest BCUT2D eigenvalue weighted by Crippen LogP contribution is 2.21. The molecule has 0 aromatic heterocycles. The second-order valence-electron chi connectivity index (χ2n) is 4.16. The molecule has 0 amide bonds. The van der Waals surface area contributed by atoms with Gasteiger partial charge in [0.1, 0.15) is 10.7 Å². The van der Waals surface area contributed by atoms with E-state index >= 15 is 0 Å². The van der Waals surface area contributed by atoms with Crippen molar-refractivity contribution in [1.29, 1.82) is 0 Å². The average Bonchev–Trinajstić information content (AvgIpc) is 2.42. The Morgan fingerprint density at radius 1 is 0.952 bits per heavy atom. The van der Waals surface area contributed by atoms with Gasteiger partial charge in [0.15, 0.2) is 11.6 Å². The summed E-state index contributed by atoms with van der Waals surface area (Å²) in [5.41, 5.74) is -0.0289. The first-order valence-corrected chi connectivity index (χ1v) is 7.19. The molecule has 0 bridgehead atoms. The molecule has 0 spiro atoms. The van der Waals surface area contributed by atoms with E-state index in [4.69, 9.17) is 5.11 Å². The first kappa shape index (κ1) is 15.3. The molecule has 8 heteroatoms. The van der Waals surface area contributed by atoms with Crippen LogP contribution in [0.2, 0.25) is 0 Å². The molecule has 0 aliphatic heterocycles. The Kier molecular flexibility index (Phi) is 4.19. The van der Waals surface area contributed by atoms with Crippen molar-refractivity contribution in [2.24, 2.45) is 0 Å². The summed E-state index contributed by atoms with van der Waals surface area (Å²) in [7, 11) is -4.29. The van der Waals surface area contributed by atoms with Gasteiger partial charge in [-0.3, -0.25) is 4.72 Å².